The van der Waals surface area contributed by atoms with Crippen molar-refractivity contribution in [2.45, 2.75) is 57.4 Å². The molecule has 0 aliphatic heterocycles. The summed E-state index contributed by atoms with van der Waals surface area (Å²) in [5, 5.41) is 6.04. The Morgan fingerprint density at radius 1 is 0.891 bits per heavy atom. The molecule has 3 aromatic carbocycles. The van der Waals surface area contributed by atoms with Gasteiger partial charge < -0.3 is 32.4 Å². The van der Waals surface area contributed by atoms with Crippen LogP contribution in [-0.4, -0.2) is 29.7 Å². The number of sulfone groups is 1. The van der Waals surface area contributed by atoms with Crippen molar-refractivity contribution >= 4 is 44.6 Å². The molecule has 5 rings (SSSR count). The fourth-order valence-corrected chi connectivity index (χ4v) is 6.16. The van der Waals surface area contributed by atoms with E-state index < -0.39 is 15.1 Å². The third-order valence-corrected chi connectivity index (χ3v) is 9.64. The maximum absolute atomic E-state index is 13.0. The van der Waals surface area contributed by atoms with Crippen molar-refractivity contribution in [1.29, 1.82) is 0 Å². The van der Waals surface area contributed by atoms with E-state index in [0.717, 1.165) is 23.2 Å². The minimum absolute atomic E-state index is 0. The molecule has 0 atom stereocenters. The van der Waals surface area contributed by atoms with Gasteiger partial charge in [-0.25, -0.2) is 18.0 Å². The molecule has 46 heavy (non-hydrogen) atoms. The lowest BCUT2D eigenvalue weighted by molar-refractivity contribution is -0.688. The molecule has 0 aliphatic carbocycles. The van der Waals surface area contributed by atoms with E-state index in [1.807, 2.05) is 51.1 Å². The van der Waals surface area contributed by atoms with Crippen LogP contribution in [0.1, 0.15) is 38.8 Å². The van der Waals surface area contributed by atoms with Crippen LogP contribution in [0.15, 0.2) is 102 Å². The Balaban J connectivity index is 0.00000480. The second-order valence-corrected chi connectivity index (χ2v) is 14.2. The van der Waals surface area contributed by atoms with Gasteiger partial charge in [-0.1, -0.05) is 54.1 Å². The molecule has 0 amide bonds. The van der Waals surface area contributed by atoms with Crippen LogP contribution in [0.3, 0.4) is 0 Å². The topological polar surface area (TPSA) is 97.1 Å². The summed E-state index contributed by atoms with van der Waals surface area (Å²) in [7, 11) is -3.55. The first-order valence-electron chi connectivity index (χ1n) is 14.8. The lowest BCUT2D eigenvalue weighted by atomic mass is 10.00. The monoisotopic (exact) mass is 721 g/mol. The van der Waals surface area contributed by atoms with Gasteiger partial charge in [-0.3, -0.25) is 0 Å². The smallest absolute Gasteiger partial charge is 0.229 e. The summed E-state index contributed by atoms with van der Waals surface area (Å²) in [6, 6.07) is 25.3. The maximum atomic E-state index is 13.0. The van der Waals surface area contributed by atoms with Gasteiger partial charge in [-0.15, -0.1) is 0 Å². The fraction of sp³-hybridized carbons (Fsp3) is 0.229. The maximum Gasteiger partial charge on any atom is 0.229 e. The molecule has 0 bridgehead atoms. The number of halogens is 2. The highest BCUT2D eigenvalue weighted by molar-refractivity contribution is 7.92. The van der Waals surface area contributed by atoms with Crippen LogP contribution in [0, 0.1) is 6.92 Å². The molecule has 0 aliphatic rings. The van der Waals surface area contributed by atoms with Crippen LogP contribution in [0.4, 0.5) is 23.1 Å². The number of aryl methyl sites for hydroxylation is 1. The normalized spacial score (nSPS) is 11.3. The SMILES string of the molecule is Cc1cc(Nc2ncc(Cl)c(Nc3ccccc3S(=O)(=O)C(C)C)n2)c(OC(C)C)cc1-c1cc[n+](Cc2ccccc2)cc1.[Br-]. The van der Waals surface area contributed by atoms with Gasteiger partial charge >= 0.3 is 0 Å². The highest BCUT2D eigenvalue weighted by Gasteiger charge is 2.23. The van der Waals surface area contributed by atoms with Crippen molar-refractivity contribution in [3.05, 3.63) is 114 Å². The zero-order chi connectivity index (χ0) is 32.1. The molecule has 0 unspecified atom stereocenters. The Kier molecular flexibility index (Phi) is 11.4. The molecule has 8 nitrogen and oxygen atoms in total. The number of rotatable bonds is 11. The van der Waals surface area contributed by atoms with Gasteiger partial charge in [0.05, 0.1) is 33.8 Å². The molecule has 5 aromatic rings. The molecule has 2 aromatic heterocycles. The van der Waals surface area contributed by atoms with Crippen LogP contribution in [0.2, 0.25) is 5.02 Å². The molecule has 0 spiro atoms. The molecule has 2 N–H and O–H groups in total. The van der Waals surface area contributed by atoms with Crippen molar-refractivity contribution < 1.29 is 34.7 Å². The summed E-state index contributed by atoms with van der Waals surface area (Å²) in [6.45, 7) is 10.1. The van der Waals surface area contributed by atoms with Gasteiger partial charge in [0.1, 0.15) is 10.8 Å². The van der Waals surface area contributed by atoms with E-state index in [-0.39, 0.29) is 44.8 Å². The van der Waals surface area contributed by atoms with E-state index in [1.54, 1.807) is 38.1 Å². The third-order valence-electron chi connectivity index (χ3n) is 7.16. The fourth-order valence-electron chi connectivity index (χ4n) is 4.82. The highest BCUT2D eigenvalue weighted by atomic mass is 79.9. The Labute approximate surface area is 286 Å². The predicted octanol–water partition coefficient (Wildman–Crippen LogP) is 4.90. The average Bonchev–Trinajstić information content (AvgIpc) is 3.01. The summed E-state index contributed by atoms with van der Waals surface area (Å²) in [4.78, 5) is 9.14. The first-order chi connectivity index (χ1) is 21.5. The van der Waals surface area contributed by atoms with Crippen LogP contribution >= 0.6 is 11.6 Å². The summed E-state index contributed by atoms with van der Waals surface area (Å²) < 4.78 is 34.3. The molecule has 0 radical (unpaired) electrons. The number of hydrogen-bond donors (Lipinski definition) is 2. The first kappa shape index (κ1) is 34.9. The number of benzene rings is 3. The predicted molar refractivity (Wildman–Crippen MR) is 180 cm³/mol. The van der Waals surface area contributed by atoms with E-state index in [4.69, 9.17) is 16.3 Å². The van der Waals surface area contributed by atoms with Crippen molar-refractivity contribution in [1.82, 2.24) is 9.97 Å². The zero-order valence-corrected chi connectivity index (χ0v) is 29.5. The molecular weight excluding hydrogens is 686 g/mol. The van der Waals surface area contributed by atoms with Crippen molar-refractivity contribution in [2.75, 3.05) is 10.6 Å². The quantitative estimate of drug-likeness (QED) is 0.187. The van der Waals surface area contributed by atoms with Gasteiger partial charge in [0.2, 0.25) is 5.95 Å². The minimum atomic E-state index is -3.55. The number of ether oxygens (including phenoxy) is 1. The van der Waals surface area contributed by atoms with E-state index in [1.165, 1.54) is 11.8 Å². The Morgan fingerprint density at radius 2 is 1.57 bits per heavy atom. The lowest BCUT2D eigenvalue weighted by Crippen LogP contribution is -3.00. The molecule has 0 saturated heterocycles. The summed E-state index contributed by atoms with van der Waals surface area (Å²) in [5.74, 6) is 1.19. The highest BCUT2D eigenvalue weighted by Crippen LogP contribution is 2.37. The molecule has 0 saturated carbocycles. The Hall–Kier alpha value is -3.99. The lowest BCUT2D eigenvalue weighted by Gasteiger charge is -2.19. The molecule has 0 fully saturated rings. The number of hydrogen-bond acceptors (Lipinski definition) is 7. The number of aromatic nitrogens is 3. The van der Waals surface area contributed by atoms with E-state index in [2.05, 4.69) is 61.8 Å². The van der Waals surface area contributed by atoms with Crippen molar-refractivity contribution in [3.8, 4) is 16.9 Å². The Bertz CT molecular complexity index is 1900. The molecule has 11 heteroatoms. The summed E-state index contributed by atoms with van der Waals surface area (Å²) >= 11 is 6.46. The standard InChI is InChI=1S/C35H36ClN5O3S.BrH/c1-23(2)44-32-20-28(27-15-17-41(18-16-27)22-26-11-7-6-8-12-26)25(5)19-31(32)39-35-37-21-29(36)34(40-35)38-30-13-9-10-14-33(30)45(42,43)24(3)4;/h6-21,23-24H,22H2,1-5H3,(H,37,38,40);1H. The van der Waals surface area contributed by atoms with Crippen LogP contribution in [0.5, 0.6) is 5.75 Å². The number of nitrogens with zero attached hydrogens (tertiary/aromatic N) is 3. The number of pyridine rings is 1. The summed E-state index contributed by atoms with van der Waals surface area (Å²) in [6.07, 6.45) is 5.56. The van der Waals surface area contributed by atoms with E-state index in [0.29, 0.717) is 17.1 Å². The first-order valence-corrected chi connectivity index (χ1v) is 16.7. The second kappa shape index (κ2) is 15.1. The zero-order valence-electron chi connectivity index (χ0n) is 26.3. The van der Waals surface area contributed by atoms with E-state index >= 15 is 0 Å². The van der Waals surface area contributed by atoms with E-state index in [9.17, 15) is 8.42 Å². The average molecular weight is 723 g/mol. The number of nitrogens with one attached hydrogen (secondary N) is 2. The third kappa shape index (κ3) is 8.23. The molecular formula is C35H37BrClN5O3S. The molecule has 2 heterocycles. The van der Waals surface area contributed by atoms with Gasteiger partial charge in [0.15, 0.2) is 34.6 Å². The van der Waals surface area contributed by atoms with Gasteiger partial charge in [-0.05, 0) is 75.6 Å². The van der Waals surface area contributed by atoms with Gasteiger partial charge in [0, 0.05) is 17.7 Å². The largest absolute Gasteiger partial charge is 1.00 e. The van der Waals surface area contributed by atoms with Crippen LogP contribution in [-0.2, 0) is 16.4 Å². The van der Waals surface area contributed by atoms with Crippen molar-refractivity contribution in [3.63, 3.8) is 0 Å². The number of anilines is 4. The van der Waals surface area contributed by atoms with Crippen molar-refractivity contribution in [2.24, 2.45) is 0 Å². The van der Waals surface area contributed by atoms with Crippen LogP contribution < -0.4 is 36.9 Å². The van der Waals surface area contributed by atoms with Gasteiger partial charge in [0.25, 0.3) is 0 Å². The summed E-state index contributed by atoms with van der Waals surface area (Å²) in [5.41, 5.74) is 5.47. The van der Waals surface area contributed by atoms with Crippen LogP contribution in [0.25, 0.3) is 11.1 Å². The molecule has 240 valence electrons. The second-order valence-electron chi connectivity index (χ2n) is 11.3. The number of para-hydroxylation sites is 1. The minimum Gasteiger partial charge on any atom is -1.00 e. The Morgan fingerprint density at radius 3 is 2.24 bits per heavy atom. The van der Waals surface area contributed by atoms with Gasteiger partial charge in [-0.2, -0.15) is 4.98 Å².